The number of benzene rings is 2. The number of anilines is 1. The number of hydrogen-bond acceptors (Lipinski definition) is 7. The molecule has 3 atom stereocenters. The predicted molar refractivity (Wildman–Crippen MR) is 173 cm³/mol. The SMILES string of the molecule is O=C(CN1CC[C@H]2NC(=O)[C@@H](Cc3ccccc3)NC(=O)C3(C/C=C/C[C@H]2C1)CCOCC3)Nc1nc2ccc(Cl)cc2s1. The van der Waals surface area contributed by atoms with Crippen LogP contribution >= 0.6 is 22.9 Å². The first-order valence-corrected chi connectivity index (χ1v) is 16.5. The summed E-state index contributed by atoms with van der Waals surface area (Å²) in [5.41, 5.74) is 1.20. The molecular formula is C33H38ClN5O4S. The lowest BCUT2D eigenvalue weighted by atomic mass is 9.75. The maximum absolute atomic E-state index is 13.8. The summed E-state index contributed by atoms with van der Waals surface area (Å²) in [4.78, 5) is 47.2. The Kier molecular flexibility index (Phi) is 9.61. The van der Waals surface area contributed by atoms with Crippen LogP contribution in [0.5, 0.6) is 0 Å². The van der Waals surface area contributed by atoms with E-state index < -0.39 is 11.5 Å². The second-order valence-corrected chi connectivity index (χ2v) is 13.6. The fourth-order valence-corrected chi connectivity index (χ4v) is 7.67. The topological polar surface area (TPSA) is 113 Å². The van der Waals surface area contributed by atoms with Crippen LogP contribution in [0.3, 0.4) is 0 Å². The van der Waals surface area contributed by atoms with Gasteiger partial charge >= 0.3 is 0 Å². The molecule has 2 saturated heterocycles. The van der Waals surface area contributed by atoms with E-state index in [1.165, 1.54) is 11.3 Å². The van der Waals surface area contributed by atoms with Gasteiger partial charge in [-0.2, -0.15) is 0 Å². The lowest BCUT2D eigenvalue weighted by Gasteiger charge is -2.40. The van der Waals surface area contributed by atoms with Crippen molar-refractivity contribution in [2.75, 3.05) is 38.2 Å². The lowest BCUT2D eigenvalue weighted by Crippen LogP contribution is -2.58. The van der Waals surface area contributed by atoms with Crippen LogP contribution in [-0.2, 0) is 25.5 Å². The van der Waals surface area contributed by atoms with Crippen molar-refractivity contribution in [3.63, 3.8) is 0 Å². The molecule has 1 aromatic heterocycles. The van der Waals surface area contributed by atoms with Gasteiger partial charge in [0.2, 0.25) is 17.7 Å². The van der Waals surface area contributed by atoms with Crippen LogP contribution in [0.15, 0.2) is 60.7 Å². The number of nitrogens with zero attached hydrogens (tertiary/aromatic N) is 2. The van der Waals surface area contributed by atoms with E-state index in [1.54, 1.807) is 6.07 Å². The minimum atomic E-state index is -0.679. The molecule has 232 valence electrons. The Bertz CT molecular complexity index is 1520. The van der Waals surface area contributed by atoms with Gasteiger partial charge in [-0.05, 0) is 61.8 Å². The summed E-state index contributed by atoms with van der Waals surface area (Å²) in [6.07, 6.45) is 8.01. The maximum Gasteiger partial charge on any atom is 0.243 e. The van der Waals surface area contributed by atoms with E-state index in [9.17, 15) is 14.4 Å². The van der Waals surface area contributed by atoms with E-state index in [1.807, 2.05) is 42.5 Å². The monoisotopic (exact) mass is 635 g/mol. The first-order valence-electron chi connectivity index (χ1n) is 15.3. The molecule has 0 bridgehead atoms. The average Bonchev–Trinajstić information content (AvgIpc) is 3.41. The Morgan fingerprint density at radius 3 is 2.75 bits per heavy atom. The van der Waals surface area contributed by atoms with E-state index in [2.05, 4.69) is 38.0 Å². The molecule has 9 nitrogen and oxygen atoms in total. The molecule has 1 spiro atoms. The summed E-state index contributed by atoms with van der Waals surface area (Å²) in [5.74, 6) is -0.227. The van der Waals surface area contributed by atoms with Crippen LogP contribution in [0.25, 0.3) is 10.2 Å². The van der Waals surface area contributed by atoms with Crippen LogP contribution in [0.1, 0.15) is 37.7 Å². The summed E-state index contributed by atoms with van der Waals surface area (Å²) in [6, 6.07) is 14.5. The highest BCUT2D eigenvalue weighted by atomic mass is 35.5. The number of allylic oxidation sites excluding steroid dienone is 2. The summed E-state index contributed by atoms with van der Waals surface area (Å²) in [5, 5.41) is 10.6. The van der Waals surface area contributed by atoms with Gasteiger partial charge in [-0.25, -0.2) is 4.98 Å². The lowest BCUT2D eigenvalue weighted by molar-refractivity contribution is -0.140. The van der Waals surface area contributed by atoms with Crippen LogP contribution in [0, 0.1) is 11.3 Å². The largest absolute Gasteiger partial charge is 0.381 e. The quantitative estimate of drug-likeness (QED) is 0.354. The van der Waals surface area contributed by atoms with Crippen molar-refractivity contribution in [3.8, 4) is 0 Å². The van der Waals surface area contributed by atoms with E-state index in [4.69, 9.17) is 16.3 Å². The number of rotatable bonds is 5. The van der Waals surface area contributed by atoms with Gasteiger partial charge in [-0.15, -0.1) is 0 Å². The van der Waals surface area contributed by atoms with Gasteiger partial charge in [0.1, 0.15) is 6.04 Å². The van der Waals surface area contributed by atoms with Crippen LogP contribution < -0.4 is 16.0 Å². The van der Waals surface area contributed by atoms with E-state index in [0.717, 1.165) is 22.2 Å². The van der Waals surface area contributed by atoms with Gasteiger partial charge in [0.25, 0.3) is 0 Å². The number of carbonyl (C=O) groups is 3. The van der Waals surface area contributed by atoms with E-state index in [0.29, 0.717) is 68.6 Å². The zero-order chi connectivity index (χ0) is 30.5. The number of nitrogens with one attached hydrogen (secondary N) is 3. The number of aromatic nitrogens is 1. The summed E-state index contributed by atoms with van der Waals surface area (Å²) in [6.45, 7) is 2.65. The molecule has 0 unspecified atom stereocenters. The summed E-state index contributed by atoms with van der Waals surface area (Å²) in [7, 11) is 0. The number of amides is 3. The van der Waals surface area contributed by atoms with Crippen molar-refractivity contribution in [3.05, 3.63) is 71.3 Å². The molecule has 0 radical (unpaired) electrons. The fraction of sp³-hybridized carbons (Fsp3) is 0.455. The Balaban J connectivity index is 1.16. The molecule has 3 aliphatic rings. The van der Waals surface area contributed by atoms with Crippen molar-refractivity contribution in [2.45, 2.75) is 50.6 Å². The van der Waals surface area contributed by atoms with Gasteiger partial charge in [0.05, 0.1) is 22.2 Å². The van der Waals surface area contributed by atoms with Gasteiger partial charge in [0, 0.05) is 43.8 Å². The number of carbonyl (C=O) groups excluding carboxylic acids is 3. The van der Waals surface area contributed by atoms with Gasteiger partial charge in [0.15, 0.2) is 5.13 Å². The smallest absolute Gasteiger partial charge is 0.243 e. The van der Waals surface area contributed by atoms with Crippen molar-refractivity contribution < 1.29 is 19.1 Å². The van der Waals surface area contributed by atoms with Crippen molar-refractivity contribution in [1.29, 1.82) is 0 Å². The molecule has 2 aromatic carbocycles. The highest BCUT2D eigenvalue weighted by Gasteiger charge is 2.41. The average molecular weight is 636 g/mol. The fourth-order valence-electron chi connectivity index (χ4n) is 6.51. The van der Waals surface area contributed by atoms with Crippen LogP contribution in [0.2, 0.25) is 5.02 Å². The maximum atomic E-state index is 13.8. The zero-order valence-electron chi connectivity index (χ0n) is 24.6. The number of likely N-dealkylation sites (tertiary alicyclic amines) is 1. The molecule has 2 fully saturated rings. The highest BCUT2D eigenvalue weighted by Crippen LogP contribution is 2.36. The second kappa shape index (κ2) is 13.8. The Labute approximate surface area is 266 Å². The third-order valence-corrected chi connectivity index (χ3v) is 10.2. The number of fused-ring (bicyclic) bond motifs is 2. The minimum Gasteiger partial charge on any atom is -0.381 e. The number of ether oxygens (including phenoxy) is 1. The van der Waals surface area contributed by atoms with Gasteiger partial charge in [-0.3, -0.25) is 19.3 Å². The Morgan fingerprint density at radius 2 is 1.93 bits per heavy atom. The van der Waals surface area contributed by atoms with E-state index in [-0.39, 0.29) is 36.2 Å². The molecule has 3 aromatic rings. The number of thiazole rings is 1. The van der Waals surface area contributed by atoms with Crippen molar-refractivity contribution in [2.24, 2.45) is 11.3 Å². The Morgan fingerprint density at radius 1 is 1.11 bits per heavy atom. The molecule has 3 amide bonds. The second-order valence-electron chi connectivity index (χ2n) is 12.1. The third-order valence-electron chi connectivity index (χ3n) is 9.06. The highest BCUT2D eigenvalue weighted by molar-refractivity contribution is 7.22. The van der Waals surface area contributed by atoms with Gasteiger partial charge in [-0.1, -0.05) is 65.4 Å². The number of halogens is 1. The third kappa shape index (κ3) is 7.31. The molecule has 4 heterocycles. The minimum absolute atomic E-state index is 0.0629. The Hall–Kier alpha value is -3.31. The zero-order valence-corrected chi connectivity index (χ0v) is 26.2. The summed E-state index contributed by atoms with van der Waals surface area (Å²) < 4.78 is 6.53. The number of hydrogen-bond donors (Lipinski definition) is 3. The van der Waals surface area contributed by atoms with Crippen LogP contribution in [0.4, 0.5) is 5.13 Å². The summed E-state index contributed by atoms with van der Waals surface area (Å²) >= 11 is 7.51. The van der Waals surface area contributed by atoms with Crippen molar-refractivity contribution in [1.82, 2.24) is 20.5 Å². The first kappa shape index (κ1) is 30.7. The van der Waals surface area contributed by atoms with Gasteiger partial charge < -0.3 is 20.7 Å². The number of piperidine rings is 1. The van der Waals surface area contributed by atoms with Crippen molar-refractivity contribution >= 4 is 56.0 Å². The van der Waals surface area contributed by atoms with E-state index >= 15 is 0 Å². The first-order chi connectivity index (χ1) is 21.4. The molecule has 3 N–H and O–H groups in total. The normalized spacial score (nSPS) is 25.2. The molecule has 44 heavy (non-hydrogen) atoms. The van der Waals surface area contributed by atoms with Crippen LogP contribution in [-0.4, -0.2) is 72.5 Å². The molecule has 0 aliphatic carbocycles. The molecular weight excluding hydrogens is 598 g/mol. The predicted octanol–water partition coefficient (Wildman–Crippen LogP) is 4.57. The molecule has 0 saturated carbocycles. The molecule has 3 aliphatic heterocycles. The molecule has 11 heteroatoms. The molecule has 6 rings (SSSR count). The standard InChI is InChI=1S/C33H38ClN5O4S/c34-24-9-10-26-28(19-24)44-32(37-26)38-29(40)21-39-15-11-25-23(20-39)8-4-5-12-33(13-16-43-17-14-33)31(42)36-27(30(41)35-25)18-22-6-2-1-3-7-22/h1-7,9-10,19,23,25,27H,8,11-18,20-21H2,(H,35,41)(H,36,42)(H,37,38,40)/b5-4+/t23-,25+,27+/m0/s1.